The van der Waals surface area contributed by atoms with E-state index < -0.39 is 0 Å². The van der Waals surface area contributed by atoms with Crippen LogP contribution in [-0.4, -0.2) is 13.7 Å². The van der Waals surface area contributed by atoms with Crippen LogP contribution in [-0.2, 0) is 0 Å². The van der Waals surface area contributed by atoms with Crippen LogP contribution in [0.4, 0.5) is 0 Å². The number of benzene rings is 2. The molecule has 2 rings (SSSR count). The van der Waals surface area contributed by atoms with Crippen LogP contribution >= 0.6 is 39.1 Å². The summed E-state index contributed by atoms with van der Waals surface area (Å²) >= 11 is 15.7. The lowest BCUT2D eigenvalue weighted by Crippen LogP contribution is -2.22. The molecule has 0 fully saturated rings. The van der Waals surface area contributed by atoms with Crippen LogP contribution in [0.15, 0.2) is 40.9 Å². The summed E-state index contributed by atoms with van der Waals surface area (Å²) in [6, 6.07) is 11.5. The summed E-state index contributed by atoms with van der Waals surface area (Å²) in [7, 11) is 1.66. The maximum Gasteiger partial charge on any atom is 0.124 e. The van der Waals surface area contributed by atoms with Gasteiger partial charge < -0.3 is 10.1 Å². The number of rotatable bonds is 5. The van der Waals surface area contributed by atoms with Crippen molar-refractivity contribution in [3.05, 3.63) is 62.0 Å². The van der Waals surface area contributed by atoms with Gasteiger partial charge in [-0.25, -0.2) is 0 Å². The summed E-state index contributed by atoms with van der Waals surface area (Å²) in [5.41, 5.74) is 2.09. The van der Waals surface area contributed by atoms with Crippen molar-refractivity contribution < 1.29 is 4.74 Å². The van der Waals surface area contributed by atoms with Crippen molar-refractivity contribution in [1.82, 2.24) is 5.32 Å². The van der Waals surface area contributed by atoms with Gasteiger partial charge in [0.1, 0.15) is 5.75 Å². The Morgan fingerprint density at radius 1 is 1.19 bits per heavy atom. The lowest BCUT2D eigenvalue weighted by Gasteiger charge is -2.22. The van der Waals surface area contributed by atoms with Gasteiger partial charge in [-0.05, 0) is 58.4 Å². The molecule has 21 heavy (non-hydrogen) atoms. The average Bonchev–Trinajstić information content (AvgIpc) is 2.48. The zero-order valence-corrected chi connectivity index (χ0v) is 14.9. The number of ether oxygens (including phenoxy) is 1. The maximum atomic E-state index is 6.15. The van der Waals surface area contributed by atoms with E-state index in [0.717, 1.165) is 27.9 Å². The lowest BCUT2D eigenvalue weighted by atomic mass is 9.97. The fourth-order valence-corrected chi connectivity index (χ4v) is 2.93. The fourth-order valence-electron chi connectivity index (χ4n) is 2.23. The molecule has 5 heteroatoms. The standard InChI is InChI=1S/C16H16BrCl2NO/c1-3-20-16(10-4-6-14(19)13(17)8-10)12-9-11(18)5-7-15(12)21-2/h4-9,16,20H,3H2,1-2H3. The molecular formula is C16H16BrCl2NO. The molecule has 0 radical (unpaired) electrons. The van der Waals surface area contributed by atoms with E-state index in [9.17, 15) is 0 Å². The summed E-state index contributed by atoms with van der Waals surface area (Å²) in [4.78, 5) is 0. The minimum absolute atomic E-state index is 0.0165. The smallest absolute Gasteiger partial charge is 0.124 e. The monoisotopic (exact) mass is 387 g/mol. The second-order valence-corrected chi connectivity index (χ2v) is 6.25. The largest absolute Gasteiger partial charge is 0.496 e. The number of hydrogen-bond donors (Lipinski definition) is 1. The third-order valence-electron chi connectivity index (χ3n) is 3.19. The Balaban J connectivity index is 2.52. The van der Waals surface area contributed by atoms with E-state index in [2.05, 4.69) is 28.2 Å². The molecule has 2 aromatic rings. The SMILES string of the molecule is CCNC(c1ccc(Cl)c(Br)c1)c1cc(Cl)ccc1OC. The topological polar surface area (TPSA) is 21.3 Å². The Labute approximate surface area is 143 Å². The predicted molar refractivity (Wildman–Crippen MR) is 92.7 cm³/mol. The number of hydrogen-bond acceptors (Lipinski definition) is 2. The minimum Gasteiger partial charge on any atom is -0.496 e. The van der Waals surface area contributed by atoms with E-state index >= 15 is 0 Å². The summed E-state index contributed by atoms with van der Waals surface area (Å²) in [5.74, 6) is 0.802. The van der Waals surface area contributed by atoms with Gasteiger partial charge in [0.25, 0.3) is 0 Å². The Morgan fingerprint density at radius 3 is 2.57 bits per heavy atom. The van der Waals surface area contributed by atoms with E-state index in [1.807, 2.05) is 36.4 Å². The predicted octanol–water partition coefficient (Wildman–Crippen LogP) is 5.46. The maximum absolute atomic E-state index is 6.15. The quantitative estimate of drug-likeness (QED) is 0.733. The van der Waals surface area contributed by atoms with Crippen molar-refractivity contribution in [1.29, 1.82) is 0 Å². The van der Waals surface area contributed by atoms with Crippen molar-refractivity contribution in [3.8, 4) is 5.75 Å². The molecule has 0 aromatic heterocycles. The van der Waals surface area contributed by atoms with Gasteiger partial charge in [-0.1, -0.05) is 36.2 Å². The molecule has 0 saturated carbocycles. The van der Waals surface area contributed by atoms with E-state index in [-0.39, 0.29) is 6.04 Å². The molecule has 0 bridgehead atoms. The Morgan fingerprint density at radius 2 is 1.95 bits per heavy atom. The molecule has 0 aliphatic rings. The van der Waals surface area contributed by atoms with E-state index in [1.165, 1.54) is 0 Å². The van der Waals surface area contributed by atoms with E-state index in [0.29, 0.717) is 10.0 Å². The highest BCUT2D eigenvalue weighted by molar-refractivity contribution is 9.10. The molecule has 1 N–H and O–H groups in total. The van der Waals surface area contributed by atoms with Gasteiger partial charge in [0.2, 0.25) is 0 Å². The Kier molecular flexibility index (Phi) is 5.94. The van der Waals surface area contributed by atoms with Crippen molar-refractivity contribution in [3.63, 3.8) is 0 Å². The zero-order chi connectivity index (χ0) is 15.4. The van der Waals surface area contributed by atoms with Crippen molar-refractivity contribution in [2.45, 2.75) is 13.0 Å². The molecule has 0 aliphatic heterocycles. The van der Waals surface area contributed by atoms with Gasteiger partial charge in [0, 0.05) is 15.1 Å². The van der Waals surface area contributed by atoms with Gasteiger partial charge >= 0.3 is 0 Å². The lowest BCUT2D eigenvalue weighted by molar-refractivity contribution is 0.404. The van der Waals surface area contributed by atoms with Crippen LogP contribution in [0.2, 0.25) is 10.0 Å². The molecule has 112 valence electrons. The van der Waals surface area contributed by atoms with Crippen LogP contribution in [0.25, 0.3) is 0 Å². The average molecular weight is 389 g/mol. The first-order chi connectivity index (χ1) is 10.1. The fraction of sp³-hybridized carbons (Fsp3) is 0.250. The summed E-state index contributed by atoms with van der Waals surface area (Å²) in [6.45, 7) is 2.88. The Bertz CT molecular complexity index is 634. The molecule has 0 amide bonds. The first-order valence-corrected chi connectivity index (χ1v) is 8.13. The highest BCUT2D eigenvalue weighted by atomic mass is 79.9. The molecule has 0 saturated heterocycles. The van der Waals surface area contributed by atoms with E-state index in [4.69, 9.17) is 27.9 Å². The van der Waals surface area contributed by atoms with E-state index in [1.54, 1.807) is 7.11 Å². The molecule has 0 spiro atoms. The van der Waals surface area contributed by atoms with Gasteiger partial charge in [-0.3, -0.25) is 0 Å². The first-order valence-electron chi connectivity index (χ1n) is 6.58. The molecule has 1 atom stereocenters. The second kappa shape index (κ2) is 7.50. The summed E-state index contributed by atoms with van der Waals surface area (Å²) in [5, 5.41) is 4.83. The minimum atomic E-state index is -0.0165. The van der Waals surface area contributed by atoms with Crippen LogP contribution < -0.4 is 10.1 Å². The molecular weight excluding hydrogens is 373 g/mol. The highest BCUT2D eigenvalue weighted by Gasteiger charge is 2.18. The third-order valence-corrected chi connectivity index (χ3v) is 4.64. The Hall–Kier alpha value is -0.740. The first kappa shape index (κ1) is 16.6. The van der Waals surface area contributed by atoms with Crippen molar-refractivity contribution >= 4 is 39.1 Å². The third kappa shape index (κ3) is 3.92. The van der Waals surface area contributed by atoms with Crippen LogP contribution in [0.3, 0.4) is 0 Å². The molecule has 0 aliphatic carbocycles. The number of nitrogens with one attached hydrogen (secondary N) is 1. The number of halogens is 3. The van der Waals surface area contributed by atoms with Gasteiger partial charge in [-0.15, -0.1) is 0 Å². The number of methoxy groups -OCH3 is 1. The van der Waals surface area contributed by atoms with Gasteiger partial charge in [0.15, 0.2) is 0 Å². The highest BCUT2D eigenvalue weighted by Crippen LogP contribution is 2.34. The summed E-state index contributed by atoms with van der Waals surface area (Å²) < 4.78 is 6.33. The van der Waals surface area contributed by atoms with Crippen molar-refractivity contribution in [2.24, 2.45) is 0 Å². The van der Waals surface area contributed by atoms with Gasteiger partial charge in [-0.2, -0.15) is 0 Å². The van der Waals surface area contributed by atoms with Crippen LogP contribution in [0, 0.1) is 0 Å². The molecule has 1 unspecified atom stereocenters. The normalized spacial score (nSPS) is 12.2. The zero-order valence-electron chi connectivity index (χ0n) is 11.8. The molecule has 0 heterocycles. The van der Waals surface area contributed by atoms with Crippen LogP contribution in [0.5, 0.6) is 5.75 Å². The summed E-state index contributed by atoms with van der Waals surface area (Å²) in [6.07, 6.45) is 0. The van der Waals surface area contributed by atoms with Gasteiger partial charge in [0.05, 0.1) is 18.2 Å². The molecule has 2 aromatic carbocycles. The molecule has 2 nitrogen and oxygen atoms in total. The second-order valence-electron chi connectivity index (χ2n) is 4.55. The van der Waals surface area contributed by atoms with Crippen LogP contribution in [0.1, 0.15) is 24.1 Å². The van der Waals surface area contributed by atoms with Crippen molar-refractivity contribution in [2.75, 3.05) is 13.7 Å².